The summed E-state index contributed by atoms with van der Waals surface area (Å²) in [5.74, 6) is 3.24. The maximum Gasteiger partial charge on any atom is 0.285 e. The normalized spacial score (nSPS) is 30.4. The Labute approximate surface area is 218 Å². The number of ether oxygens (including phenoxy) is 1. The fourth-order valence-corrected chi connectivity index (χ4v) is 8.08. The molecule has 182 valence electrons. The molecule has 1 aromatic carbocycles. The minimum atomic E-state index is -0.353. The SMILES string of the molecule is COc1ccc(Cl)cc1-c1ccc(/C=C2/SC(=S)N(NC(=O)C34CC5CC(CC(C5)C3)C4)C2=O)o1. The highest BCUT2D eigenvalue weighted by molar-refractivity contribution is 8.26. The number of furan rings is 1. The van der Waals surface area contributed by atoms with Gasteiger partial charge in [-0.15, -0.1) is 0 Å². The summed E-state index contributed by atoms with van der Waals surface area (Å²) in [5, 5.41) is 1.80. The standard InChI is InChI=1S/C26H25ClN2O4S2/c1-32-20-4-2-17(27)9-19(20)21-5-3-18(33-21)10-22-23(30)29(25(34)35-22)28-24(31)26-11-14-6-15(12-26)8-16(7-14)13-26/h2-5,9-10,14-16H,6-8,11-13H2,1H3,(H,28,31)/b22-10+. The van der Waals surface area contributed by atoms with Gasteiger partial charge in [0.05, 0.1) is 23.0 Å². The molecule has 5 fully saturated rings. The zero-order chi connectivity index (χ0) is 24.3. The largest absolute Gasteiger partial charge is 0.496 e. The lowest BCUT2D eigenvalue weighted by Gasteiger charge is -2.55. The van der Waals surface area contributed by atoms with Gasteiger partial charge >= 0.3 is 0 Å². The number of hydrazine groups is 1. The predicted octanol–water partition coefficient (Wildman–Crippen LogP) is 6.06. The van der Waals surface area contributed by atoms with Crippen LogP contribution in [0.15, 0.2) is 39.7 Å². The molecule has 6 nitrogen and oxygen atoms in total. The van der Waals surface area contributed by atoms with E-state index in [1.54, 1.807) is 43.5 Å². The average Bonchev–Trinajstić information content (AvgIpc) is 3.38. The quantitative estimate of drug-likeness (QED) is 0.376. The molecule has 4 aliphatic carbocycles. The van der Waals surface area contributed by atoms with Crippen molar-refractivity contribution in [3.8, 4) is 17.1 Å². The van der Waals surface area contributed by atoms with Crippen LogP contribution in [0, 0.1) is 23.2 Å². The second kappa shape index (κ2) is 8.68. The Morgan fingerprint density at radius 2 is 1.89 bits per heavy atom. The molecular formula is C26H25ClN2O4S2. The third-order valence-corrected chi connectivity index (χ3v) is 9.39. The van der Waals surface area contributed by atoms with Crippen LogP contribution in [0.25, 0.3) is 17.4 Å². The van der Waals surface area contributed by atoms with Gasteiger partial charge in [0, 0.05) is 11.1 Å². The minimum Gasteiger partial charge on any atom is -0.496 e. The van der Waals surface area contributed by atoms with Crippen molar-refractivity contribution in [2.75, 3.05) is 7.11 Å². The highest BCUT2D eigenvalue weighted by atomic mass is 35.5. The molecule has 0 radical (unpaired) electrons. The van der Waals surface area contributed by atoms with Gasteiger partial charge in [-0.3, -0.25) is 15.0 Å². The number of amides is 2. The second-order valence-electron chi connectivity index (χ2n) is 10.2. The molecule has 1 aromatic heterocycles. The first-order valence-electron chi connectivity index (χ1n) is 11.9. The lowest BCUT2D eigenvalue weighted by atomic mass is 9.49. The number of rotatable bonds is 5. The number of hydrogen-bond acceptors (Lipinski definition) is 6. The molecule has 0 unspecified atom stereocenters. The van der Waals surface area contributed by atoms with Gasteiger partial charge in [0.1, 0.15) is 17.3 Å². The number of nitrogens with zero attached hydrogens (tertiary/aromatic N) is 1. The third-order valence-electron chi connectivity index (χ3n) is 7.85. The fraction of sp³-hybridized carbons (Fsp3) is 0.423. The van der Waals surface area contributed by atoms with Crippen molar-refractivity contribution in [3.05, 3.63) is 46.0 Å². The molecule has 35 heavy (non-hydrogen) atoms. The number of benzene rings is 1. The average molecular weight is 529 g/mol. The number of hydrogen-bond donors (Lipinski definition) is 1. The van der Waals surface area contributed by atoms with E-state index in [0.29, 0.717) is 49.3 Å². The molecule has 4 saturated carbocycles. The van der Waals surface area contributed by atoms with E-state index >= 15 is 0 Å². The Hall–Kier alpha value is -2.29. The Bertz CT molecular complexity index is 1230. The highest BCUT2D eigenvalue weighted by Crippen LogP contribution is 2.60. The summed E-state index contributed by atoms with van der Waals surface area (Å²) >= 11 is 12.8. The van der Waals surface area contributed by atoms with Crippen LogP contribution < -0.4 is 10.2 Å². The Morgan fingerprint density at radius 3 is 2.54 bits per heavy atom. The van der Waals surface area contributed by atoms with E-state index in [0.717, 1.165) is 36.6 Å². The van der Waals surface area contributed by atoms with Gasteiger partial charge in [-0.05, 0) is 98.8 Å². The van der Waals surface area contributed by atoms with Crippen LogP contribution in [-0.4, -0.2) is 28.3 Å². The first-order valence-corrected chi connectivity index (χ1v) is 13.5. The molecule has 9 heteroatoms. The van der Waals surface area contributed by atoms with Crippen LogP contribution in [0.3, 0.4) is 0 Å². The van der Waals surface area contributed by atoms with Crippen LogP contribution in [0.5, 0.6) is 5.75 Å². The molecular weight excluding hydrogens is 504 g/mol. The van der Waals surface area contributed by atoms with Crippen LogP contribution in [0.4, 0.5) is 0 Å². The number of methoxy groups -OCH3 is 1. The molecule has 1 N–H and O–H groups in total. The van der Waals surface area contributed by atoms with Crippen LogP contribution in [0.1, 0.15) is 44.3 Å². The van der Waals surface area contributed by atoms with Crippen molar-refractivity contribution in [2.45, 2.75) is 38.5 Å². The van der Waals surface area contributed by atoms with E-state index in [-0.39, 0.29) is 17.2 Å². The number of halogens is 1. The van der Waals surface area contributed by atoms with Gasteiger partial charge in [0.15, 0.2) is 4.32 Å². The monoisotopic (exact) mass is 528 g/mol. The Balaban J connectivity index is 1.19. The van der Waals surface area contributed by atoms with Gasteiger partial charge in [-0.25, -0.2) is 0 Å². The molecule has 1 aliphatic heterocycles. The molecule has 0 atom stereocenters. The van der Waals surface area contributed by atoms with Gasteiger partial charge < -0.3 is 9.15 Å². The maximum absolute atomic E-state index is 13.4. The van der Waals surface area contributed by atoms with Crippen LogP contribution in [0.2, 0.25) is 5.02 Å². The van der Waals surface area contributed by atoms with Crippen molar-refractivity contribution in [1.29, 1.82) is 0 Å². The number of thioether (sulfide) groups is 1. The van der Waals surface area contributed by atoms with Crippen molar-refractivity contribution in [2.24, 2.45) is 23.2 Å². The maximum atomic E-state index is 13.4. The van der Waals surface area contributed by atoms with E-state index in [4.69, 9.17) is 33.0 Å². The lowest BCUT2D eigenvalue weighted by Crippen LogP contribution is -2.57. The van der Waals surface area contributed by atoms with E-state index in [1.807, 2.05) is 0 Å². The van der Waals surface area contributed by atoms with Crippen molar-refractivity contribution >= 4 is 57.8 Å². The molecule has 4 bridgehead atoms. The van der Waals surface area contributed by atoms with Crippen molar-refractivity contribution < 1.29 is 18.7 Å². The number of thiocarbonyl (C=S) groups is 1. The highest BCUT2D eigenvalue weighted by Gasteiger charge is 2.55. The first kappa shape index (κ1) is 23.1. The molecule has 2 aromatic rings. The van der Waals surface area contributed by atoms with Crippen LogP contribution >= 0.6 is 35.6 Å². The zero-order valence-electron chi connectivity index (χ0n) is 19.2. The summed E-state index contributed by atoms with van der Waals surface area (Å²) in [6, 6.07) is 8.86. The molecule has 2 amide bonds. The summed E-state index contributed by atoms with van der Waals surface area (Å²) in [6.45, 7) is 0. The summed E-state index contributed by atoms with van der Waals surface area (Å²) in [6.07, 6.45) is 8.19. The topological polar surface area (TPSA) is 71.8 Å². The summed E-state index contributed by atoms with van der Waals surface area (Å²) in [4.78, 5) is 27.0. The second-order valence-corrected chi connectivity index (χ2v) is 12.3. The fourth-order valence-electron chi connectivity index (χ4n) is 6.75. The Morgan fingerprint density at radius 1 is 1.20 bits per heavy atom. The third kappa shape index (κ3) is 4.09. The lowest BCUT2D eigenvalue weighted by molar-refractivity contribution is -0.152. The minimum absolute atomic E-state index is 0.0533. The van der Waals surface area contributed by atoms with Gasteiger partial charge in [0.2, 0.25) is 5.91 Å². The Kier molecular flexibility index (Phi) is 5.73. The number of carbonyl (C=O) groups is 2. The smallest absolute Gasteiger partial charge is 0.285 e. The van der Waals surface area contributed by atoms with Crippen molar-refractivity contribution in [3.63, 3.8) is 0 Å². The van der Waals surface area contributed by atoms with Crippen molar-refractivity contribution in [1.82, 2.24) is 10.4 Å². The van der Waals surface area contributed by atoms with E-state index < -0.39 is 0 Å². The van der Waals surface area contributed by atoms with E-state index in [1.165, 1.54) is 24.3 Å². The first-order chi connectivity index (χ1) is 16.8. The molecule has 7 rings (SSSR count). The van der Waals surface area contributed by atoms with E-state index in [9.17, 15) is 9.59 Å². The summed E-state index contributed by atoms with van der Waals surface area (Å²) in [7, 11) is 1.58. The van der Waals surface area contributed by atoms with Crippen LogP contribution in [-0.2, 0) is 9.59 Å². The number of nitrogens with one attached hydrogen (secondary N) is 1. The zero-order valence-corrected chi connectivity index (χ0v) is 21.6. The van der Waals surface area contributed by atoms with Gasteiger partial charge in [-0.2, -0.15) is 5.01 Å². The number of carbonyl (C=O) groups excluding carboxylic acids is 2. The predicted molar refractivity (Wildman–Crippen MR) is 139 cm³/mol. The summed E-state index contributed by atoms with van der Waals surface area (Å²) < 4.78 is 11.7. The van der Waals surface area contributed by atoms with Gasteiger partial charge in [-0.1, -0.05) is 23.4 Å². The molecule has 1 saturated heterocycles. The molecule has 2 heterocycles. The molecule has 5 aliphatic rings. The van der Waals surface area contributed by atoms with Gasteiger partial charge in [0.25, 0.3) is 5.91 Å². The van der Waals surface area contributed by atoms with E-state index in [2.05, 4.69) is 5.43 Å². The molecule has 0 spiro atoms. The summed E-state index contributed by atoms with van der Waals surface area (Å²) in [5.41, 5.74) is 3.25.